The fraction of sp³-hybridized carbons (Fsp3) is 0.789. The van der Waals surface area contributed by atoms with E-state index in [1.54, 1.807) is 0 Å². The van der Waals surface area contributed by atoms with Gasteiger partial charge < -0.3 is 10.6 Å². The van der Waals surface area contributed by atoms with E-state index in [0.717, 1.165) is 69.1 Å². The molecule has 0 spiro atoms. The van der Waals surface area contributed by atoms with Crippen LogP contribution in [0.15, 0.2) is 11.1 Å². The van der Waals surface area contributed by atoms with Gasteiger partial charge in [-0.05, 0) is 52.5 Å². The highest BCUT2D eigenvalue weighted by Gasteiger charge is 2.25. The number of aryl methyl sites for hydroxylation is 3. The Morgan fingerprint density at radius 1 is 1.38 bits per heavy atom. The second-order valence-electron chi connectivity index (χ2n) is 7.06. The molecule has 0 aromatic carbocycles. The maximum Gasteiger partial charge on any atom is 0.191 e. The molecule has 3 atom stereocenters. The average molecular weight is 382 g/mol. The normalized spacial score (nSPS) is 22.2. The summed E-state index contributed by atoms with van der Waals surface area (Å²) in [4.78, 5) is 4.73. The lowest BCUT2D eigenvalue weighted by Gasteiger charge is -2.30. The molecule has 1 aliphatic carbocycles. The summed E-state index contributed by atoms with van der Waals surface area (Å²) in [7, 11) is -0.691. The highest BCUT2D eigenvalue weighted by atomic mass is 32.2. The Bertz CT molecular complexity index is 613. The Morgan fingerprint density at radius 2 is 2.19 bits per heavy atom. The molecule has 1 saturated carbocycles. The quantitative estimate of drug-likeness (QED) is 0.412. The zero-order valence-corrected chi connectivity index (χ0v) is 17.6. The molecule has 0 aliphatic heterocycles. The SMILES string of the molecule is CCNC(=NCCCn1nc(C)cc1C)NC1CCCC(S(=O)CC)C1. The molecule has 1 aromatic heterocycles. The largest absolute Gasteiger partial charge is 0.357 e. The Labute approximate surface area is 160 Å². The number of nitrogens with one attached hydrogen (secondary N) is 2. The molecule has 6 nitrogen and oxygen atoms in total. The van der Waals surface area contributed by atoms with Crippen LogP contribution in [0, 0.1) is 13.8 Å². The molecule has 0 bridgehead atoms. The van der Waals surface area contributed by atoms with E-state index >= 15 is 0 Å². The van der Waals surface area contributed by atoms with Gasteiger partial charge in [-0.25, -0.2) is 0 Å². The third kappa shape index (κ3) is 6.41. The minimum absolute atomic E-state index is 0.333. The van der Waals surface area contributed by atoms with E-state index in [1.165, 1.54) is 5.69 Å². The lowest BCUT2D eigenvalue weighted by Crippen LogP contribution is -2.46. The summed E-state index contributed by atoms with van der Waals surface area (Å²) in [6.07, 6.45) is 5.32. The maximum absolute atomic E-state index is 12.1. The van der Waals surface area contributed by atoms with Crippen LogP contribution in [0.2, 0.25) is 0 Å². The van der Waals surface area contributed by atoms with Gasteiger partial charge in [-0.2, -0.15) is 5.10 Å². The molecule has 7 heteroatoms. The van der Waals surface area contributed by atoms with Gasteiger partial charge in [0.2, 0.25) is 0 Å². The molecule has 2 rings (SSSR count). The number of guanidine groups is 1. The average Bonchev–Trinajstić information content (AvgIpc) is 2.95. The maximum atomic E-state index is 12.1. The molecule has 148 valence electrons. The molecular weight excluding hydrogens is 346 g/mol. The molecule has 26 heavy (non-hydrogen) atoms. The van der Waals surface area contributed by atoms with E-state index in [0.29, 0.717) is 11.3 Å². The van der Waals surface area contributed by atoms with Crippen molar-refractivity contribution in [2.45, 2.75) is 77.6 Å². The number of nitrogens with zero attached hydrogens (tertiary/aromatic N) is 3. The predicted octanol–water partition coefficient (Wildman–Crippen LogP) is 2.52. The van der Waals surface area contributed by atoms with E-state index in [4.69, 9.17) is 4.99 Å². The lowest BCUT2D eigenvalue weighted by atomic mass is 9.95. The fourth-order valence-electron chi connectivity index (χ4n) is 3.58. The summed E-state index contributed by atoms with van der Waals surface area (Å²) in [5, 5.41) is 11.7. The molecule has 0 saturated heterocycles. The fourth-order valence-corrected chi connectivity index (χ4v) is 4.92. The third-order valence-corrected chi connectivity index (χ3v) is 6.61. The van der Waals surface area contributed by atoms with Gasteiger partial charge in [-0.15, -0.1) is 0 Å². The topological polar surface area (TPSA) is 71.3 Å². The van der Waals surface area contributed by atoms with E-state index < -0.39 is 10.8 Å². The molecule has 1 aliphatic rings. The van der Waals surface area contributed by atoms with Gasteiger partial charge in [0.1, 0.15) is 0 Å². The highest BCUT2D eigenvalue weighted by Crippen LogP contribution is 2.22. The second-order valence-corrected chi connectivity index (χ2v) is 9.07. The highest BCUT2D eigenvalue weighted by molar-refractivity contribution is 7.85. The van der Waals surface area contributed by atoms with Crippen LogP contribution in [-0.2, 0) is 17.3 Å². The first-order valence-corrected chi connectivity index (χ1v) is 11.3. The van der Waals surface area contributed by atoms with Crippen LogP contribution in [0.4, 0.5) is 0 Å². The number of aromatic nitrogens is 2. The monoisotopic (exact) mass is 381 g/mol. The van der Waals surface area contributed by atoms with Crippen molar-refractivity contribution in [3.8, 4) is 0 Å². The van der Waals surface area contributed by atoms with Gasteiger partial charge in [0.15, 0.2) is 5.96 Å². The Hall–Kier alpha value is -1.37. The molecule has 0 amide bonds. The van der Waals surface area contributed by atoms with Gasteiger partial charge in [-0.1, -0.05) is 13.3 Å². The van der Waals surface area contributed by atoms with E-state index in [2.05, 4.69) is 40.3 Å². The van der Waals surface area contributed by atoms with Crippen molar-refractivity contribution in [3.05, 3.63) is 17.5 Å². The number of aliphatic imine (C=N–C) groups is 1. The van der Waals surface area contributed by atoms with Crippen LogP contribution in [0.3, 0.4) is 0 Å². The van der Waals surface area contributed by atoms with Crippen LogP contribution < -0.4 is 10.6 Å². The van der Waals surface area contributed by atoms with Gasteiger partial charge in [0, 0.05) is 53.2 Å². The van der Waals surface area contributed by atoms with Crippen molar-refractivity contribution in [2.75, 3.05) is 18.8 Å². The minimum Gasteiger partial charge on any atom is -0.357 e. The van der Waals surface area contributed by atoms with Gasteiger partial charge in [0.05, 0.1) is 5.69 Å². The van der Waals surface area contributed by atoms with Crippen molar-refractivity contribution < 1.29 is 4.21 Å². The standard InChI is InChI=1S/C19H35N5OS/c1-5-20-19(21-11-8-12-24-16(4)13-15(3)23-24)22-17-9-7-10-18(14-17)26(25)6-2/h13,17-18H,5-12,14H2,1-4H3,(H2,20,21,22). The van der Waals surface area contributed by atoms with Crippen LogP contribution in [0.1, 0.15) is 57.3 Å². The van der Waals surface area contributed by atoms with Crippen LogP contribution in [0.5, 0.6) is 0 Å². The number of rotatable bonds is 8. The molecule has 1 fully saturated rings. The molecule has 3 unspecified atom stereocenters. The number of hydrogen-bond donors (Lipinski definition) is 2. The molecule has 1 aromatic rings. The van der Waals surface area contributed by atoms with Gasteiger partial charge in [-0.3, -0.25) is 13.9 Å². The van der Waals surface area contributed by atoms with Crippen LogP contribution >= 0.6 is 0 Å². The molecule has 0 radical (unpaired) electrons. The Kier molecular flexibility index (Phi) is 8.62. The third-order valence-electron chi connectivity index (χ3n) is 4.87. The molecule has 1 heterocycles. The van der Waals surface area contributed by atoms with Crippen molar-refractivity contribution in [3.63, 3.8) is 0 Å². The van der Waals surface area contributed by atoms with Gasteiger partial charge >= 0.3 is 0 Å². The summed E-state index contributed by atoms with van der Waals surface area (Å²) in [5.74, 6) is 1.64. The summed E-state index contributed by atoms with van der Waals surface area (Å²) in [6, 6.07) is 2.48. The smallest absolute Gasteiger partial charge is 0.191 e. The van der Waals surface area contributed by atoms with E-state index in [-0.39, 0.29) is 0 Å². The van der Waals surface area contributed by atoms with Crippen LogP contribution in [-0.4, -0.2) is 50.1 Å². The van der Waals surface area contributed by atoms with Crippen molar-refractivity contribution in [1.29, 1.82) is 0 Å². The zero-order valence-electron chi connectivity index (χ0n) is 16.8. The van der Waals surface area contributed by atoms with Crippen molar-refractivity contribution in [2.24, 2.45) is 4.99 Å². The predicted molar refractivity (Wildman–Crippen MR) is 110 cm³/mol. The number of hydrogen-bond acceptors (Lipinski definition) is 3. The lowest BCUT2D eigenvalue weighted by molar-refractivity contribution is 0.413. The zero-order chi connectivity index (χ0) is 18.9. The molecular formula is C19H35N5OS. The Morgan fingerprint density at radius 3 is 2.85 bits per heavy atom. The molecule has 2 N–H and O–H groups in total. The summed E-state index contributed by atoms with van der Waals surface area (Å²) >= 11 is 0. The second kappa shape index (κ2) is 10.7. The first-order valence-electron chi connectivity index (χ1n) is 9.96. The van der Waals surface area contributed by atoms with Gasteiger partial charge in [0.25, 0.3) is 0 Å². The first-order chi connectivity index (χ1) is 12.5. The Balaban J connectivity index is 1.83. The van der Waals surface area contributed by atoms with E-state index in [9.17, 15) is 4.21 Å². The minimum atomic E-state index is -0.691. The van der Waals surface area contributed by atoms with Crippen molar-refractivity contribution in [1.82, 2.24) is 20.4 Å². The van der Waals surface area contributed by atoms with E-state index in [1.807, 2.05) is 13.8 Å². The summed E-state index contributed by atoms with van der Waals surface area (Å²) in [5.41, 5.74) is 2.27. The summed E-state index contributed by atoms with van der Waals surface area (Å²) < 4.78 is 14.2. The summed E-state index contributed by atoms with van der Waals surface area (Å²) in [6.45, 7) is 10.7. The van der Waals surface area contributed by atoms with Crippen molar-refractivity contribution >= 4 is 16.8 Å². The van der Waals surface area contributed by atoms with Crippen LogP contribution in [0.25, 0.3) is 0 Å². The first kappa shape index (κ1) is 20.9.